The highest BCUT2D eigenvalue weighted by atomic mass is 35.5. The fraction of sp³-hybridized carbons (Fsp3) is 0.696. The Morgan fingerprint density at radius 1 is 1.17 bits per heavy atom. The summed E-state index contributed by atoms with van der Waals surface area (Å²) in [6.07, 6.45) is 8.50. The van der Waals surface area contributed by atoms with E-state index in [0.717, 1.165) is 44.1 Å². The van der Waals surface area contributed by atoms with E-state index >= 15 is 0 Å². The van der Waals surface area contributed by atoms with Crippen molar-refractivity contribution in [2.75, 3.05) is 45.2 Å². The predicted octanol–water partition coefficient (Wildman–Crippen LogP) is 4.87. The molecule has 0 atom stereocenters. The van der Waals surface area contributed by atoms with Crippen LogP contribution in [0.2, 0.25) is 10.0 Å². The minimum absolute atomic E-state index is 0.0341. The number of benzene rings is 1. The van der Waals surface area contributed by atoms with Crippen molar-refractivity contribution in [3.05, 3.63) is 28.2 Å². The number of carbonyl (C=O) groups is 1. The highest BCUT2D eigenvalue weighted by Gasteiger charge is 2.51. The van der Waals surface area contributed by atoms with Crippen molar-refractivity contribution >= 4 is 34.9 Å². The van der Waals surface area contributed by atoms with Crippen molar-refractivity contribution < 1.29 is 4.79 Å². The van der Waals surface area contributed by atoms with Gasteiger partial charge in [0, 0.05) is 45.3 Å². The molecular weight excluding hydrogens is 419 g/mol. The maximum atomic E-state index is 11.9. The number of rotatable bonds is 5. The van der Waals surface area contributed by atoms with Gasteiger partial charge in [0.1, 0.15) is 0 Å². The van der Waals surface area contributed by atoms with Crippen molar-refractivity contribution in [3.8, 4) is 0 Å². The van der Waals surface area contributed by atoms with E-state index in [0.29, 0.717) is 21.6 Å². The third-order valence-corrected chi connectivity index (χ3v) is 8.09. The summed E-state index contributed by atoms with van der Waals surface area (Å²) < 4.78 is 0. The van der Waals surface area contributed by atoms with E-state index < -0.39 is 0 Å². The third-order valence-electron chi connectivity index (χ3n) is 7.28. The molecule has 1 aromatic carbocycles. The molecule has 3 fully saturated rings. The Morgan fingerprint density at radius 3 is 2.57 bits per heavy atom. The smallest absolute Gasteiger partial charge is 0.317 e. The third kappa shape index (κ3) is 4.84. The number of anilines is 1. The minimum Gasteiger partial charge on any atom is -0.367 e. The number of hydrogen-bond acceptors (Lipinski definition) is 3. The summed E-state index contributed by atoms with van der Waals surface area (Å²) in [6.45, 7) is 4.34. The van der Waals surface area contributed by atoms with Crippen LogP contribution in [0.1, 0.15) is 44.9 Å². The Hall–Kier alpha value is -1.17. The molecule has 1 spiro atoms. The van der Waals surface area contributed by atoms with E-state index in [2.05, 4.69) is 21.2 Å². The zero-order valence-corrected chi connectivity index (χ0v) is 19.7. The summed E-state index contributed by atoms with van der Waals surface area (Å²) in [4.78, 5) is 18.6. The molecule has 0 unspecified atom stereocenters. The predicted molar refractivity (Wildman–Crippen MR) is 125 cm³/mol. The normalized spacial score (nSPS) is 25.9. The Kier molecular flexibility index (Phi) is 6.71. The van der Waals surface area contributed by atoms with Gasteiger partial charge in [-0.15, -0.1) is 0 Å². The maximum absolute atomic E-state index is 11.9. The second-order valence-electron chi connectivity index (χ2n) is 9.56. The first-order valence-corrected chi connectivity index (χ1v) is 12.1. The Bertz CT molecular complexity index is 760. The number of amides is 2. The molecule has 2 saturated carbocycles. The van der Waals surface area contributed by atoms with Crippen LogP contribution in [0.25, 0.3) is 0 Å². The van der Waals surface area contributed by atoms with E-state index in [1.807, 2.05) is 12.1 Å². The number of urea groups is 1. The Morgan fingerprint density at radius 2 is 1.90 bits per heavy atom. The second-order valence-corrected chi connectivity index (χ2v) is 10.3. The van der Waals surface area contributed by atoms with Crippen LogP contribution in [0, 0.1) is 5.92 Å². The summed E-state index contributed by atoms with van der Waals surface area (Å²) in [5.74, 6) is 0.786. The summed E-state index contributed by atoms with van der Waals surface area (Å²) in [7, 11) is 3.60. The van der Waals surface area contributed by atoms with Gasteiger partial charge in [-0.25, -0.2) is 4.79 Å². The lowest BCUT2D eigenvalue weighted by Crippen LogP contribution is -2.55. The topological polar surface area (TPSA) is 38.8 Å². The van der Waals surface area contributed by atoms with E-state index in [1.54, 1.807) is 19.0 Å². The van der Waals surface area contributed by atoms with Crippen LogP contribution in [0.4, 0.5) is 10.5 Å². The van der Waals surface area contributed by atoms with Gasteiger partial charge in [0.2, 0.25) is 0 Å². The molecule has 1 saturated heterocycles. The fourth-order valence-electron chi connectivity index (χ4n) is 5.16. The molecule has 7 heteroatoms. The van der Waals surface area contributed by atoms with Crippen LogP contribution in [0.3, 0.4) is 0 Å². The summed E-state index contributed by atoms with van der Waals surface area (Å²) in [6, 6.07) is 6.32. The van der Waals surface area contributed by atoms with Crippen LogP contribution in [-0.2, 0) is 0 Å². The number of carbonyl (C=O) groups excluding carboxylic acids is 1. The van der Waals surface area contributed by atoms with Crippen LogP contribution in [0.5, 0.6) is 0 Å². The zero-order valence-electron chi connectivity index (χ0n) is 18.2. The average Bonchev–Trinajstić information content (AvgIpc) is 3.49. The van der Waals surface area contributed by atoms with Gasteiger partial charge in [0.15, 0.2) is 0 Å². The number of hydrogen-bond donors (Lipinski definition) is 1. The Balaban J connectivity index is 1.25. The second kappa shape index (κ2) is 9.13. The molecule has 166 valence electrons. The molecule has 1 N–H and O–H groups in total. The van der Waals surface area contributed by atoms with E-state index in [4.69, 9.17) is 23.2 Å². The summed E-state index contributed by atoms with van der Waals surface area (Å²) >= 11 is 12.7. The van der Waals surface area contributed by atoms with E-state index in [9.17, 15) is 4.79 Å². The van der Waals surface area contributed by atoms with Crippen molar-refractivity contribution in [1.82, 2.24) is 15.1 Å². The van der Waals surface area contributed by atoms with E-state index in [-0.39, 0.29) is 6.03 Å². The molecule has 0 aromatic heterocycles. The highest BCUT2D eigenvalue weighted by Crippen LogP contribution is 2.46. The SMILES string of the molecule is CN(C)C(=O)NC1CCC(CCN2CCN(c3cccc(Cl)c3Cl)CC23CC3)CC1. The monoisotopic (exact) mass is 452 g/mol. The molecule has 1 aliphatic heterocycles. The van der Waals surface area contributed by atoms with Gasteiger partial charge >= 0.3 is 6.03 Å². The summed E-state index contributed by atoms with van der Waals surface area (Å²) in [5.41, 5.74) is 1.41. The van der Waals surface area contributed by atoms with Crippen LogP contribution in [-0.4, -0.2) is 67.7 Å². The zero-order chi connectivity index (χ0) is 21.3. The molecule has 0 bridgehead atoms. The van der Waals surface area contributed by atoms with Crippen molar-refractivity contribution in [2.45, 2.75) is 56.5 Å². The largest absolute Gasteiger partial charge is 0.367 e. The van der Waals surface area contributed by atoms with Gasteiger partial charge in [-0.1, -0.05) is 29.3 Å². The minimum atomic E-state index is 0.0341. The van der Waals surface area contributed by atoms with Crippen LogP contribution in [0.15, 0.2) is 18.2 Å². The molecule has 30 heavy (non-hydrogen) atoms. The van der Waals surface area contributed by atoms with Crippen molar-refractivity contribution in [3.63, 3.8) is 0 Å². The van der Waals surface area contributed by atoms with Gasteiger partial charge in [0.05, 0.1) is 15.7 Å². The molecular formula is C23H34Cl2N4O. The Labute approximate surface area is 190 Å². The number of piperazine rings is 1. The molecule has 3 aliphatic rings. The van der Waals surface area contributed by atoms with Gasteiger partial charge in [0.25, 0.3) is 0 Å². The standard InChI is InChI=1S/C23H34Cl2N4O/c1-27(2)22(30)26-18-8-6-17(7-9-18)10-13-29-15-14-28(16-23(29)11-12-23)20-5-3-4-19(24)21(20)25/h3-5,17-18H,6-16H2,1-2H3,(H,26,30). The first kappa shape index (κ1) is 22.0. The lowest BCUT2D eigenvalue weighted by molar-refractivity contribution is 0.138. The summed E-state index contributed by atoms with van der Waals surface area (Å²) in [5, 5.41) is 4.47. The number of nitrogens with zero attached hydrogens (tertiary/aromatic N) is 3. The van der Waals surface area contributed by atoms with Crippen LogP contribution < -0.4 is 10.2 Å². The number of halogens is 2. The van der Waals surface area contributed by atoms with Gasteiger partial charge in [-0.3, -0.25) is 4.90 Å². The van der Waals surface area contributed by atoms with Crippen molar-refractivity contribution in [2.24, 2.45) is 5.92 Å². The van der Waals surface area contributed by atoms with Gasteiger partial charge in [-0.05, 0) is 69.5 Å². The molecule has 2 amide bonds. The lowest BCUT2D eigenvalue weighted by Gasteiger charge is -2.44. The molecule has 1 aromatic rings. The van der Waals surface area contributed by atoms with Gasteiger partial charge < -0.3 is 15.1 Å². The van der Waals surface area contributed by atoms with Crippen molar-refractivity contribution in [1.29, 1.82) is 0 Å². The van der Waals surface area contributed by atoms with E-state index in [1.165, 1.54) is 38.6 Å². The molecule has 2 aliphatic carbocycles. The highest BCUT2D eigenvalue weighted by molar-refractivity contribution is 6.43. The average molecular weight is 453 g/mol. The molecule has 4 rings (SSSR count). The lowest BCUT2D eigenvalue weighted by atomic mass is 9.84. The molecule has 5 nitrogen and oxygen atoms in total. The first-order valence-electron chi connectivity index (χ1n) is 11.3. The quantitative estimate of drug-likeness (QED) is 0.692. The van der Waals surface area contributed by atoms with Crippen LogP contribution >= 0.6 is 23.2 Å². The fourth-order valence-corrected chi connectivity index (χ4v) is 5.58. The molecule has 1 heterocycles. The van der Waals surface area contributed by atoms with Gasteiger partial charge in [-0.2, -0.15) is 0 Å². The molecule has 0 radical (unpaired) electrons. The first-order chi connectivity index (χ1) is 14.4. The number of nitrogens with one attached hydrogen (secondary N) is 1. The maximum Gasteiger partial charge on any atom is 0.317 e.